The molecule has 0 spiro atoms. The van der Waals surface area contributed by atoms with Crippen LogP contribution < -0.4 is 14.8 Å². The molecule has 24 heavy (non-hydrogen) atoms. The Morgan fingerprint density at radius 2 is 2.04 bits per heavy atom. The van der Waals surface area contributed by atoms with Crippen LogP contribution in [0.5, 0.6) is 11.5 Å². The summed E-state index contributed by atoms with van der Waals surface area (Å²) in [5.74, 6) is 1.37. The summed E-state index contributed by atoms with van der Waals surface area (Å²) in [6.07, 6.45) is 4.57. The van der Waals surface area contributed by atoms with Gasteiger partial charge in [0.1, 0.15) is 10.6 Å². The molecule has 1 N–H and O–H groups in total. The molecule has 0 aliphatic carbocycles. The molecule has 0 radical (unpaired) electrons. The molecule has 1 heterocycles. The molecule has 5 heteroatoms. The van der Waals surface area contributed by atoms with E-state index in [1.807, 2.05) is 32.0 Å². The highest BCUT2D eigenvalue weighted by Crippen LogP contribution is 2.40. The largest absolute Gasteiger partial charge is 0.497 e. The van der Waals surface area contributed by atoms with Crippen molar-refractivity contribution in [1.29, 1.82) is 0 Å². The summed E-state index contributed by atoms with van der Waals surface area (Å²) < 4.78 is 12.3. The highest BCUT2D eigenvalue weighted by atomic mass is 32.1. The Kier molecular flexibility index (Phi) is 6.91. The lowest BCUT2D eigenvalue weighted by atomic mass is 10.2. The number of nitrogens with one attached hydrogen (secondary N) is 1. The first-order valence-corrected chi connectivity index (χ1v) is 9.43. The third-order valence-corrected chi connectivity index (χ3v) is 4.88. The molecule has 0 bridgehead atoms. The quantitative estimate of drug-likeness (QED) is 0.648. The highest BCUT2D eigenvalue weighted by Gasteiger charge is 2.21. The average Bonchev–Trinajstić information content (AvgIpc) is 2.91. The van der Waals surface area contributed by atoms with E-state index in [1.54, 1.807) is 7.11 Å². The summed E-state index contributed by atoms with van der Waals surface area (Å²) in [7, 11) is 1.64. The molecule has 2 rings (SSSR count). The lowest BCUT2D eigenvalue weighted by molar-refractivity contribution is 0.0952. The van der Waals surface area contributed by atoms with Gasteiger partial charge in [0, 0.05) is 16.6 Å². The average molecular weight is 349 g/mol. The van der Waals surface area contributed by atoms with E-state index in [1.165, 1.54) is 24.2 Å². The molecular formula is C19H27NO3S. The van der Waals surface area contributed by atoms with E-state index in [0.29, 0.717) is 17.2 Å². The standard InChI is InChI=1S/C19H27NO3S/c1-5-6-7-8-11-20-19(21)18-17(23-13(2)3)15-12-14(22-4)9-10-16(15)24-18/h9-10,12-13H,5-8,11H2,1-4H3,(H,20,21). The fraction of sp³-hybridized carbons (Fsp3) is 0.526. The second-order valence-electron chi connectivity index (χ2n) is 6.11. The number of unbranched alkanes of at least 4 members (excludes halogenated alkanes) is 3. The van der Waals surface area contributed by atoms with Crippen LogP contribution in [0.4, 0.5) is 0 Å². The van der Waals surface area contributed by atoms with Crippen molar-refractivity contribution in [2.45, 2.75) is 52.6 Å². The molecule has 1 aromatic heterocycles. The maximum atomic E-state index is 12.6. The molecular weight excluding hydrogens is 322 g/mol. The summed E-state index contributed by atoms with van der Waals surface area (Å²) in [5.41, 5.74) is 0. The lowest BCUT2D eigenvalue weighted by Crippen LogP contribution is -2.24. The minimum absolute atomic E-state index is 0.00473. The van der Waals surface area contributed by atoms with Gasteiger partial charge in [-0.2, -0.15) is 0 Å². The first-order valence-electron chi connectivity index (χ1n) is 8.62. The molecule has 1 amide bonds. The number of carbonyl (C=O) groups excluding carboxylic acids is 1. The van der Waals surface area contributed by atoms with Crippen molar-refractivity contribution in [2.75, 3.05) is 13.7 Å². The predicted molar refractivity (Wildman–Crippen MR) is 101 cm³/mol. The summed E-state index contributed by atoms with van der Waals surface area (Å²) in [4.78, 5) is 13.2. The summed E-state index contributed by atoms with van der Waals surface area (Å²) in [6.45, 7) is 6.82. The number of ether oxygens (including phenoxy) is 2. The van der Waals surface area contributed by atoms with Crippen molar-refractivity contribution < 1.29 is 14.3 Å². The number of methoxy groups -OCH3 is 1. The zero-order chi connectivity index (χ0) is 17.5. The maximum absolute atomic E-state index is 12.6. The van der Waals surface area contributed by atoms with Crippen molar-refractivity contribution >= 4 is 27.3 Å². The second kappa shape index (κ2) is 8.92. The number of hydrogen-bond acceptors (Lipinski definition) is 4. The van der Waals surface area contributed by atoms with Gasteiger partial charge < -0.3 is 14.8 Å². The van der Waals surface area contributed by atoms with Crippen LogP contribution in [0.25, 0.3) is 10.1 Å². The molecule has 0 atom stereocenters. The molecule has 0 aliphatic heterocycles. The molecule has 0 fully saturated rings. The molecule has 0 saturated carbocycles. The molecule has 4 nitrogen and oxygen atoms in total. The Morgan fingerprint density at radius 3 is 2.71 bits per heavy atom. The van der Waals surface area contributed by atoms with Gasteiger partial charge in [0.25, 0.3) is 5.91 Å². The number of amides is 1. The molecule has 0 aliphatic rings. The van der Waals surface area contributed by atoms with Gasteiger partial charge in [-0.3, -0.25) is 4.79 Å². The van der Waals surface area contributed by atoms with Gasteiger partial charge in [-0.05, 0) is 38.5 Å². The smallest absolute Gasteiger partial charge is 0.265 e. The zero-order valence-corrected chi connectivity index (χ0v) is 15.8. The van der Waals surface area contributed by atoms with E-state index < -0.39 is 0 Å². The first-order chi connectivity index (χ1) is 11.6. The van der Waals surface area contributed by atoms with Crippen molar-refractivity contribution in [3.8, 4) is 11.5 Å². The molecule has 2 aromatic rings. The Morgan fingerprint density at radius 1 is 1.25 bits per heavy atom. The van der Waals surface area contributed by atoms with Crippen molar-refractivity contribution in [2.24, 2.45) is 0 Å². The van der Waals surface area contributed by atoms with E-state index in [-0.39, 0.29) is 12.0 Å². The van der Waals surface area contributed by atoms with Gasteiger partial charge >= 0.3 is 0 Å². The summed E-state index contributed by atoms with van der Waals surface area (Å²) in [6, 6.07) is 5.82. The van der Waals surface area contributed by atoms with Crippen LogP contribution in [-0.2, 0) is 0 Å². The van der Waals surface area contributed by atoms with Crippen LogP contribution in [0.15, 0.2) is 18.2 Å². The van der Waals surface area contributed by atoms with E-state index in [4.69, 9.17) is 9.47 Å². The fourth-order valence-corrected chi connectivity index (χ4v) is 3.55. The normalized spacial score (nSPS) is 11.0. The van der Waals surface area contributed by atoms with E-state index in [0.717, 1.165) is 28.7 Å². The number of thiophene rings is 1. The Hall–Kier alpha value is -1.75. The van der Waals surface area contributed by atoms with E-state index in [9.17, 15) is 4.79 Å². The molecule has 0 saturated heterocycles. The fourth-order valence-electron chi connectivity index (χ4n) is 2.52. The minimum Gasteiger partial charge on any atom is -0.497 e. The SMILES string of the molecule is CCCCCCNC(=O)c1sc2ccc(OC)cc2c1OC(C)C. The number of carbonyl (C=O) groups is 1. The van der Waals surface area contributed by atoms with E-state index in [2.05, 4.69) is 12.2 Å². The van der Waals surface area contributed by atoms with Gasteiger partial charge in [-0.1, -0.05) is 26.2 Å². The topological polar surface area (TPSA) is 47.6 Å². The van der Waals surface area contributed by atoms with Crippen LogP contribution in [0.2, 0.25) is 0 Å². The third kappa shape index (κ3) is 4.63. The van der Waals surface area contributed by atoms with E-state index >= 15 is 0 Å². The lowest BCUT2D eigenvalue weighted by Gasteiger charge is -2.12. The van der Waals surface area contributed by atoms with Gasteiger partial charge in [-0.25, -0.2) is 0 Å². The van der Waals surface area contributed by atoms with Crippen molar-refractivity contribution in [3.05, 3.63) is 23.1 Å². The van der Waals surface area contributed by atoms with Crippen LogP contribution in [0, 0.1) is 0 Å². The summed E-state index contributed by atoms with van der Waals surface area (Å²) >= 11 is 1.47. The van der Waals surface area contributed by atoms with Gasteiger partial charge in [0.15, 0.2) is 5.75 Å². The third-order valence-electron chi connectivity index (χ3n) is 3.73. The molecule has 132 valence electrons. The van der Waals surface area contributed by atoms with Gasteiger partial charge in [-0.15, -0.1) is 11.3 Å². The Bertz CT molecular complexity index is 679. The number of benzene rings is 1. The highest BCUT2D eigenvalue weighted by molar-refractivity contribution is 7.21. The second-order valence-corrected chi connectivity index (χ2v) is 7.16. The van der Waals surface area contributed by atoms with Crippen LogP contribution in [0.1, 0.15) is 56.1 Å². The van der Waals surface area contributed by atoms with Gasteiger partial charge in [0.05, 0.1) is 13.2 Å². The number of rotatable bonds is 9. The first kappa shape index (κ1) is 18.6. The molecule has 0 unspecified atom stereocenters. The number of fused-ring (bicyclic) bond motifs is 1. The van der Waals surface area contributed by atoms with Crippen LogP contribution in [-0.4, -0.2) is 25.7 Å². The van der Waals surface area contributed by atoms with Crippen molar-refractivity contribution in [1.82, 2.24) is 5.32 Å². The van der Waals surface area contributed by atoms with Crippen molar-refractivity contribution in [3.63, 3.8) is 0 Å². The maximum Gasteiger partial charge on any atom is 0.265 e. The Labute approximate surface area is 148 Å². The number of hydrogen-bond donors (Lipinski definition) is 1. The summed E-state index contributed by atoms with van der Waals surface area (Å²) in [5, 5.41) is 3.96. The monoisotopic (exact) mass is 349 g/mol. The van der Waals surface area contributed by atoms with Crippen LogP contribution >= 0.6 is 11.3 Å². The van der Waals surface area contributed by atoms with Crippen LogP contribution in [0.3, 0.4) is 0 Å². The Balaban J connectivity index is 2.22. The molecule has 1 aromatic carbocycles. The zero-order valence-electron chi connectivity index (χ0n) is 15.0. The minimum atomic E-state index is -0.0534. The van der Waals surface area contributed by atoms with Gasteiger partial charge in [0.2, 0.25) is 0 Å². The predicted octanol–water partition coefficient (Wildman–Crippen LogP) is 5.01.